The van der Waals surface area contributed by atoms with Crippen LogP contribution in [-0.2, 0) is 4.79 Å². The number of hydrogen-bond donors (Lipinski definition) is 1. The highest BCUT2D eigenvalue weighted by molar-refractivity contribution is 5.91. The van der Waals surface area contributed by atoms with Crippen molar-refractivity contribution >= 4 is 11.8 Å². The number of nitrogens with one attached hydrogen (secondary N) is 1. The summed E-state index contributed by atoms with van der Waals surface area (Å²) in [4.78, 5) is 26.0. The molecule has 1 fully saturated rings. The molecular formula is C19H19N3O4. The molecule has 1 aliphatic heterocycles. The van der Waals surface area contributed by atoms with E-state index in [-0.39, 0.29) is 24.5 Å². The molecule has 0 bridgehead atoms. The highest BCUT2D eigenvalue weighted by Gasteiger charge is 2.25. The summed E-state index contributed by atoms with van der Waals surface area (Å²) in [5, 5.41) is 11.7. The molecule has 0 unspecified atom stereocenters. The van der Waals surface area contributed by atoms with E-state index in [4.69, 9.17) is 14.4 Å². The Labute approximate surface area is 151 Å². The monoisotopic (exact) mass is 353 g/mol. The average Bonchev–Trinajstić information content (AvgIpc) is 3.21. The lowest BCUT2D eigenvalue weighted by Crippen LogP contribution is -2.47. The number of hydrogen-bond acceptors (Lipinski definition) is 5. The minimum absolute atomic E-state index is 0.0210. The van der Waals surface area contributed by atoms with Gasteiger partial charge in [0.1, 0.15) is 5.75 Å². The van der Waals surface area contributed by atoms with Gasteiger partial charge in [-0.05, 0) is 49.2 Å². The standard InChI is InChI=1S/C19H19N3O4/c20-12-14-3-5-16(6-4-14)26-13-18(23)21-15-7-9-22(10-8-15)19(24)17-2-1-11-25-17/h1-6,11,15H,7-10,13H2,(H,21,23). The molecule has 1 N–H and O–H groups in total. The van der Waals surface area contributed by atoms with Gasteiger partial charge >= 0.3 is 0 Å². The van der Waals surface area contributed by atoms with Crippen molar-refractivity contribution in [3.8, 4) is 11.8 Å². The predicted molar refractivity (Wildman–Crippen MR) is 92.4 cm³/mol. The van der Waals surface area contributed by atoms with Crippen LogP contribution >= 0.6 is 0 Å². The second kappa shape index (κ2) is 8.21. The topological polar surface area (TPSA) is 95.6 Å². The lowest BCUT2D eigenvalue weighted by molar-refractivity contribution is -0.124. The second-order valence-electron chi connectivity index (χ2n) is 6.04. The fourth-order valence-corrected chi connectivity index (χ4v) is 2.83. The van der Waals surface area contributed by atoms with Crippen LogP contribution in [0, 0.1) is 11.3 Å². The first-order chi connectivity index (χ1) is 12.7. The van der Waals surface area contributed by atoms with Gasteiger partial charge in [0.05, 0.1) is 17.9 Å². The third kappa shape index (κ3) is 4.42. The van der Waals surface area contributed by atoms with Crippen molar-refractivity contribution in [2.24, 2.45) is 0 Å². The molecule has 1 saturated heterocycles. The maximum Gasteiger partial charge on any atom is 0.289 e. The Kier molecular flexibility index (Phi) is 5.54. The van der Waals surface area contributed by atoms with E-state index in [1.807, 2.05) is 6.07 Å². The van der Waals surface area contributed by atoms with Crippen molar-refractivity contribution in [1.29, 1.82) is 5.26 Å². The van der Waals surface area contributed by atoms with E-state index in [1.54, 1.807) is 41.3 Å². The number of nitriles is 1. The first kappa shape index (κ1) is 17.5. The Hall–Kier alpha value is -3.27. The molecule has 2 heterocycles. The lowest BCUT2D eigenvalue weighted by atomic mass is 10.0. The van der Waals surface area contributed by atoms with Crippen molar-refractivity contribution in [3.63, 3.8) is 0 Å². The minimum atomic E-state index is -0.204. The smallest absolute Gasteiger partial charge is 0.289 e. The van der Waals surface area contributed by atoms with Crippen molar-refractivity contribution in [1.82, 2.24) is 10.2 Å². The summed E-state index contributed by atoms with van der Waals surface area (Å²) in [5.41, 5.74) is 0.539. The van der Waals surface area contributed by atoms with E-state index >= 15 is 0 Å². The molecule has 2 amide bonds. The van der Waals surface area contributed by atoms with Gasteiger partial charge in [0.25, 0.3) is 11.8 Å². The molecule has 0 spiro atoms. The Morgan fingerprint density at radius 2 is 1.96 bits per heavy atom. The van der Waals surface area contributed by atoms with E-state index < -0.39 is 0 Å². The van der Waals surface area contributed by atoms with Gasteiger partial charge < -0.3 is 19.4 Å². The maximum absolute atomic E-state index is 12.2. The number of carbonyl (C=O) groups is 2. The largest absolute Gasteiger partial charge is 0.484 e. The molecule has 1 aliphatic rings. The minimum Gasteiger partial charge on any atom is -0.484 e. The molecule has 7 heteroatoms. The number of ether oxygens (including phenoxy) is 1. The van der Waals surface area contributed by atoms with Crippen LogP contribution in [0.15, 0.2) is 47.1 Å². The molecule has 0 aliphatic carbocycles. The molecular weight excluding hydrogens is 334 g/mol. The summed E-state index contributed by atoms with van der Waals surface area (Å²) >= 11 is 0. The fraction of sp³-hybridized carbons (Fsp3) is 0.316. The van der Waals surface area contributed by atoms with Crippen LogP contribution in [0.4, 0.5) is 0 Å². The number of carbonyl (C=O) groups excluding carboxylic acids is 2. The van der Waals surface area contributed by atoms with E-state index in [2.05, 4.69) is 5.32 Å². The average molecular weight is 353 g/mol. The third-order valence-corrected chi connectivity index (χ3v) is 4.23. The van der Waals surface area contributed by atoms with Crippen molar-refractivity contribution in [2.45, 2.75) is 18.9 Å². The molecule has 0 atom stereocenters. The molecule has 7 nitrogen and oxygen atoms in total. The van der Waals surface area contributed by atoms with Crippen LogP contribution in [0.1, 0.15) is 29.0 Å². The van der Waals surface area contributed by atoms with Gasteiger partial charge in [-0.1, -0.05) is 0 Å². The maximum atomic E-state index is 12.2. The van der Waals surface area contributed by atoms with Crippen LogP contribution < -0.4 is 10.1 Å². The summed E-state index contributed by atoms with van der Waals surface area (Å²) in [7, 11) is 0. The summed E-state index contributed by atoms with van der Waals surface area (Å²) in [6.45, 7) is 1.05. The highest BCUT2D eigenvalue weighted by atomic mass is 16.5. The number of rotatable bonds is 5. The Bertz CT molecular complexity index is 785. The molecule has 1 aromatic heterocycles. The quantitative estimate of drug-likeness (QED) is 0.886. The van der Waals surface area contributed by atoms with Gasteiger partial charge in [-0.15, -0.1) is 0 Å². The fourth-order valence-electron chi connectivity index (χ4n) is 2.83. The van der Waals surface area contributed by atoms with E-state index in [0.29, 0.717) is 43.0 Å². The zero-order valence-corrected chi connectivity index (χ0v) is 14.2. The van der Waals surface area contributed by atoms with E-state index in [9.17, 15) is 9.59 Å². The van der Waals surface area contributed by atoms with Crippen LogP contribution in [0.3, 0.4) is 0 Å². The Balaban J connectivity index is 1.40. The second-order valence-corrected chi connectivity index (χ2v) is 6.04. The first-order valence-electron chi connectivity index (χ1n) is 8.41. The van der Waals surface area contributed by atoms with Crippen LogP contribution in [0.2, 0.25) is 0 Å². The van der Waals surface area contributed by atoms with Crippen molar-refractivity contribution < 1.29 is 18.7 Å². The normalized spacial score (nSPS) is 14.5. The number of piperidine rings is 1. The van der Waals surface area contributed by atoms with Crippen LogP contribution in [-0.4, -0.2) is 42.5 Å². The number of amides is 2. The molecule has 0 saturated carbocycles. The van der Waals surface area contributed by atoms with Crippen LogP contribution in [0.25, 0.3) is 0 Å². The zero-order chi connectivity index (χ0) is 18.4. The Morgan fingerprint density at radius 1 is 1.23 bits per heavy atom. The molecule has 1 aromatic carbocycles. The molecule has 26 heavy (non-hydrogen) atoms. The predicted octanol–water partition coefficient (Wildman–Crippen LogP) is 1.95. The van der Waals surface area contributed by atoms with Gasteiger partial charge in [0.15, 0.2) is 12.4 Å². The van der Waals surface area contributed by atoms with Crippen LogP contribution in [0.5, 0.6) is 5.75 Å². The third-order valence-electron chi connectivity index (χ3n) is 4.23. The lowest BCUT2D eigenvalue weighted by Gasteiger charge is -2.31. The van der Waals surface area contributed by atoms with Gasteiger partial charge in [-0.2, -0.15) is 5.26 Å². The van der Waals surface area contributed by atoms with Gasteiger partial charge in [-0.25, -0.2) is 0 Å². The first-order valence-corrected chi connectivity index (χ1v) is 8.41. The van der Waals surface area contributed by atoms with Crippen molar-refractivity contribution in [3.05, 3.63) is 54.0 Å². The number of benzene rings is 1. The molecule has 134 valence electrons. The van der Waals surface area contributed by atoms with Gasteiger partial charge in [0.2, 0.25) is 0 Å². The number of likely N-dealkylation sites (tertiary alicyclic amines) is 1. The van der Waals surface area contributed by atoms with E-state index in [0.717, 1.165) is 0 Å². The SMILES string of the molecule is N#Cc1ccc(OCC(=O)NC2CCN(C(=O)c3ccco3)CC2)cc1. The molecule has 2 aromatic rings. The van der Waals surface area contributed by atoms with E-state index in [1.165, 1.54) is 6.26 Å². The number of nitrogens with zero attached hydrogens (tertiary/aromatic N) is 2. The van der Waals surface area contributed by atoms with Gasteiger partial charge in [0, 0.05) is 19.1 Å². The van der Waals surface area contributed by atoms with Crippen molar-refractivity contribution in [2.75, 3.05) is 19.7 Å². The zero-order valence-electron chi connectivity index (χ0n) is 14.2. The molecule has 3 rings (SSSR count). The summed E-state index contributed by atoms with van der Waals surface area (Å²) in [6, 6.07) is 12.0. The summed E-state index contributed by atoms with van der Waals surface area (Å²) in [5.74, 6) is 0.551. The highest BCUT2D eigenvalue weighted by Crippen LogP contribution is 2.15. The van der Waals surface area contributed by atoms with Gasteiger partial charge in [-0.3, -0.25) is 9.59 Å². The molecule has 0 radical (unpaired) electrons. The summed E-state index contributed by atoms with van der Waals surface area (Å²) < 4.78 is 10.6. The Morgan fingerprint density at radius 3 is 2.58 bits per heavy atom. The summed E-state index contributed by atoms with van der Waals surface area (Å²) in [6.07, 6.45) is 2.86. The number of furan rings is 1.